The van der Waals surface area contributed by atoms with E-state index in [9.17, 15) is 8.78 Å². The van der Waals surface area contributed by atoms with Crippen LogP contribution in [-0.4, -0.2) is 19.6 Å². The van der Waals surface area contributed by atoms with Crippen molar-refractivity contribution in [3.63, 3.8) is 0 Å². The highest BCUT2D eigenvalue weighted by Crippen LogP contribution is 2.61. The van der Waals surface area contributed by atoms with E-state index in [1.165, 1.54) is 0 Å². The summed E-state index contributed by atoms with van der Waals surface area (Å²) in [7, 11) is 1.55. The SMILES string of the molecule is COc1ccc(C2(CN)CC2(F)F)c(C)c1. The van der Waals surface area contributed by atoms with E-state index >= 15 is 0 Å². The minimum atomic E-state index is -2.67. The topological polar surface area (TPSA) is 35.2 Å². The van der Waals surface area contributed by atoms with E-state index in [2.05, 4.69) is 0 Å². The molecule has 16 heavy (non-hydrogen) atoms. The van der Waals surface area contributed by atoms with Gasteiger partial charge in [0.05, 0.1) is 12.5 Å². The monoisotopic (exact) mass is 227 g/mol. The van der Waals surface area contributed by atoms with E-state index in [1.807, 2.05) is 6.92 Å². The van der Waals surface area contributed by atoms with Crippen LogP contribution in [0.5, 0.6) is 5.75 Å². The number of hydrogen-bond acceptors (Lipinski definition) is 2. The number of alkyl halides is 2. The van der Waals surface area contributed by atoms with Gasteiger partial charge in [0.25, 0.3) is 5.92 Å². The molecule has 1 aromatic carbocycles. The van der Waals surface area contributed by atoms with Crippen LogP contribution in [0.2, 0.25) is 0 Å². The van der Waals surface area contributed by atoms with Crippen LogP contribution in [-0.2, 0) is 5.41 Å². The molecule has 1 aliphatic rings. The van der Waals surface area contributed by atoms with Crippen molar-refractivity contribution in [3.05, 3.63) is 29.3 Å². The molecule has 0 radical (unpaired) electrons. The first-order chi connectivity index (χ1) is 7.47. The van der Waals surface area contributed by atoms with Gasteiger partial charge in [0.2, 0.25) is 0 Å². The van der Waals surface area contributed by atoms with Gasteiger partial charge in [0.1, 0.15) is 5.75 Å². The molecule has 2 rings (SSSR count). The maximum Gasteiger partial charge on any atom is 0.260 e. The smallest absolute Gasteiger partial charge is 0.260 e. The number of benzene rings is 1. The minimum absolute atomic E-state index is 0.0207. The number of halogens is 2. The van der Waals surface area contributed by atoms with Gasteiger partial charge in [-0.3, -0.25) is 0 Å². The molecule has 0 bridgehead atoms. The number of nitrogens with two attached hydrogens (primary N) is 1. The van der Waals surface area contributed by atoms with Crippen molar-refractivity contribution in [3.8, 4) is 5.75 Å². The molecule has 0 aliphatic heterocycles. The number of methoxy groups -OCH3 is 1. The van der Waals surface area contributed by atoms with Crippen molar-refractivity contribution < 1.29 is 13.5 Å². The molecule has 1 unspecified atom stereocenters. The van der Waals surface area contributed by atoms with Gasteiger partial charge < -0.3 is 10.5 Å². The lowest BCUT2D eigenvalue weighted by molar-refractivity contribution is 0.0894. The summed E-state index contributed by atoms with van der Waals surface area (Å²) in [6, 6.07) is 5.16. The molecule has 0 spiro atoms. The summed E-state index contributed by atoms with van der Waals surface area (Å²) in [5, 5.41) is 0. The van der Waals surface area contributed by atoms with Crippen LogP contribution in [0.1, 0.15) is 17.5 Å². The van der Waals surface area contributed by atoms with Crippen molar-refractivity contribution in [1.29, 1.82) is 0 Å². The molecule has 2 N–H and O–H groups in total. The molecule has 1 aliphatic carbocycles. The van der Waals surface area contributed by atoms with Crippen LogP contribution in [0, 0.1) is 6.92 Å². The van der Waals surface area contributed by atoms with Gasteiger partial charge in [-0.05, 0) is 30.2 Å². The standard InChI is InChI=1S/C12H15F2NO/c1-8-5-9(16-2)3-4-10(8)11(7-15)6-12(11,13)14/h3-5H,6-7,15H2,1-2H3. The predicted molar refractivity (Wildman–Crippen MR) is 58.0 cm³/mol. The van der Waals surface area contributed by atoms with Gasteiger partial charge >= 0.3 is 0 Å². The summed E-state index contributed by atoms with van der Waals surface area (Å²) in [5.41, 5.74) is 5.80. The second kappa shape index (κ2) is 3.42. The second-order valence-electron chi connectivity index (χ2n) is 4.35. The maximum absolute atomic E-state index is 13.4. The maximum atomic E-state index is 13.4. The highest BCUT2D eigenvalue weighted by Gasteiger charge is 2.71. The van der Waals surface area contributed by atoms with Crippen LogP contribution in [0.4, 0.5) is 8.78 Å². The van der Waals surface area contributed by atoms with Gasteiger partial charge in [0.15, 0.2) is 0 Å². The molecule has 1 aromatic rings. The zero-order valence-corrected chi connectivity index (χ0v) is 9.39. The number of aryl methyl sites for hydroxylation is 1. The summed E-state index contributed by atoms with van der Waals surface area (Å²) < 4.78 is 31.8. The molecule has 0 aromatic heterocycles. The molecule has 1 fully saturated rings. The van der Waals surface area contributed by atoms with Crippen molar-refractivity contribution >= 4 is 0 Å². The van der Waals surface area contributed by atoms with E-state index in [0.717, 1.165) is 5.56 Å². The summed E-state index contributed by atoms with van der Waals surface area (Å²) in [6.45, 7) is 1.79. The Morgan fingerprint density at radius 1 is 1.44 bits per heavy atom. The van der Waals surface area contributed by atoms with Crippen LogP contribution in [0.3, 0.4) is 0 Å². The quantitative estimate of drug-likeness (QED) is 0.859. The van der Waals surface area contributed by atoms with Crippen molar-refractivity contribution in [1.82, 2.24) is 0 Å². The zero-order chi connectivity index (χ0) is 12.0. The van der Waals surface area contributed by atoms with Crippen molar-refractivity contribution in [2.24, 2.45) is 5.73 Å². The number of hydrogen-bond donors (Lipinski definition) is 1. The molecular formula is C12H15F2NO. The van der Waals surface area contributed by atoms with Crippen molar-refractivity contribution in [2.75, 3.05) is 13.7 Å². The van der Waals surface area contributed by atoms with Crippen LogP contribution in [0.25, 0.3) is 0 Å². The second-order valence-corrected chi connectivity index (χ2v) is 4.35. The Morgan fingerprint density at radius 2 is 2.06 bits per heavy atom. The Balaban J connectivity index is 2.42. The molecule has 1 atom stereocenters. The predicted octanol–water partition coefficient (Wildman–Crippen LogP) is 2.24. The molecule has 2 nitrogen and oxygen atoms in total. The van der Waals surface area contributed by atoms with Crippen LogP contribution in [0.15, 0.2) is 18.2 Å². The zero-order valence-electron chi connectivity index (χ0n) is 9.39. The first-order valence-electron chi connectivity index (χ1n) is 5.20. The fourth-order valence-electron chi connectivity index (χ4n) is 2.26. The third kappa shape index (κ3) is 1.40. The Morgan fingerprint density at radius 3 is 2.44 bits per heavy atom. The molecule has 0 saturated heterocycles. The Hall–Kier alpha value is -1.16. The summed E-state index contributed by atoms with van der Waals surface area (Å²) >= 11 is 0. The van der Waals surface area contributed by atoms with E-state index in [1.54, 1.807) is 25.3 Å². The van der Waals surface area contributed by atoms with E-state index in [0.29, 0.717) is 11.3 Å². The molecule has 1 saturated carbocycles. The van der Waals surface area contributed by atoms with E-state index in [4.69, 9.17) is 10.5 Å². The molecule has 88 valence electrons. The van der Waals surface area contributed by atoms with E-state index < -0.39 is 11.3 Å². The highest BCUT2D eigenvalue weighted by atomic mass is 19.3. The molecule has 0 heterocycles. The first-order valence-corrected chi connectivity index (χ1v) is 5.20. The lowest BCUT2D eigenvalue weighted by Crippen LogP contribution is -2.27. The summed E-state index contributed by atoms with van der Waals surface area (Å²) in [6.07, 6.45) is -0.149. The fraction of sp³-hybridized carbons (Fsp3) is 0.500. The molecule has 4 heteroatoms. The average Bonchev–Trinajstić information content (AvgIpc) is 2.81. The lowest BCUT2D eigenvalue weighted by atomic mass is 9.91. The van der Waals surface area contributed by atoms with Gasteiger partial charge in [0, 0.05) is 13.0 Å². The van der Waals surface area contributed by atoms with Gasteiger partial charge in [-0.2, -0.15) is 0 Å². The Bertz CT molecular complexity index is 419. The van der Waals surface area contributed by atoms with Gasteiger partial charge in [-0.1, -0.05) is 6.07 Å². The Kier molecular flexibility index (Phi) is 2.42. The minimum Gasteiger partial charge on any atom is -0.497 e. The number of rotatable bonds is 3. The van der Waals surface area contributed by atoms with Crippen LogP contribution >= 0.6 is 0 Å². The van der Waals surface area contributed by atoms with Crippen molar-refractivity contribution in [2.45, 2.75) is 24.7 Å². The van der Waals surface area contributed by atoms with Gasteiger partial charge in [-0.25, -0.2) is 8.78 Å². The third-order valence-electron chi connectivity index (χ3n) is 3.40. The number of ether oxygens (including phenoxy) is 1. The molecule has 0 amide bonds. The third-order valence-corrected chi connectivity index (χ3v) is 3.40. The van der Waals surface area contributed by atoms with Gasteiger partial charge in [-0.15, -0.1) is 0 Å². The lowest BCUT2D eigenvalue weighted by Gasteiger charge is -2.17. The summed E-state index contributed by atoms with van der Waals surface area (Å²) in [4.78, 5) is 0. The average molecular weight is 227 g/mol. The largest absolute Gasteiger partial charge is 0.497 e. The highest BCUT2D eigenvalue weighted by molar-refractivity contribution is 5.46. The first kappa shape index (κ1) is 11.3. The van der Waals surface area contributed by atoms with Crippen LogP contribution < -0.4 is 10.5 Å². The van der Waals surface area contributed by atoms with E-state index in [-0.39, 0.29) is 13.0 Å². The fourth-order valence-corrected chi connectivity index (χ4v) is 2.26. The summed E-state index contributed by atoms with van der Waals surface area (Å²) in [5.74, 6) is -1.99. The Labute approximate surface area is 93.4 Å². The normalized spacial score (nSPS) is 26.6. The molecular weight excluding hydrogens is 212 g/mol.